The molecule has 0 aliphatic heterocycles. The van der Waals surface area contributed by atoms with E-state index in [1.54, 1.807) is 16.7 Å². The van der Waals surface area contributed by atoms with Crippen LogP contribution in [0.25, 0.3) is 0 Å². The quantitative estimate of drug-likeness (QED) is 0.720. The van der Waals surface area contributed by atoms with E-state index < -0.39 is 5.97 Å². The predicted molar refractivity (Wildman–Crippen MR) is 85.2 cm³/mol. The number of carbonyl (C=O) groups excluding carboxylic acids is 1. The lowest BCUT2D eigenvalue weighted by molar-refractivity contribution is -0.136. The number of carboxylic acids is 1. The molecule has 2 N–H and O–H groups in total. The Morgan fingerprint density at radius 1 is 1.38 bits per heavy atom. The van der Waals surface area contributed by atoms with Gasteiger partial charge in [-0.2, -0.15) is 0 Å². The molecule has 0 aliphatic carbocycles. The number of hydrogen-bond donors (Lipinski definition) is 2. The first kappa shape index (κ1) is 16.0. The Balaban J connectivity index is 1.66. The molecule has 0 aromatic carbocycles. The number of aromatic nitrogens is 1. The van der Waals surface area contributed by atoms with Gasteiger partial charge in [0.25, 0.3) is 0 Å². The number of nitrogens with one attached hydrogen (secondary N) is 1. The van der Waals surface area contributed by atoms with Crippen LogP contribution in [-0.4, -0.2) is 34.3 Å². The minimum atomic E-state index is -0.900. The van der Waals surface area contributed by atoms with Crippen LogP contribution < -0.4 is 5.32 Å². The van der Waals surface area contributed by atoms with E-state index in [1.165, 1.54) is 28.0 Å². The molecule has 0 aliphatic rings. The molecular weight excluding hydrogens is 328 g/mol. The van der Waals surface area contributed by atoms with E-state index in [0.717, 1.165) is 10.8 Å². The molecule has 0 saturated heterocycles. The van der Waals surface area contributed by atoms with Gasteiger partial charge in [0.1, 0.15) is 0 Å². The van der Waals surface area contributed by atoms with E-state index in [1.807, 2.05) is 17.5 Å². The summed E-state index contributed by atoms with van der Waals surface area (Å²) in [5.41, 5.74) is 0.535. The summed E-state index contributed by atoms with van der Waals surface area (Å²) < 4.78 is 0.722. The van der Waals surface area contributed by atoms with Gasteiger partial charge in [0.05, 0.1) is 17.9 Å². The number of thiazole rings is 1. The van der Waals surface area contributed by atoms with Crippen molar-refractivity contribution in [1.82, 2.24) is 10.3 Å². The molecule has 0 bridgehead atoms. The summed E-state index contributed by atoms with van der Waals surface area (Å²) in [4.78, 5) is 27.7. The van der Waals surface area contributed by atoms with Gasteiger partial charge in [-0.05, 0) is 17.9 Å². The zero-order valence-electron chi connectivity index (χ0n) is 11.1. The van der Waals surface area contributed by atoms with Crippen molar-refractivity contribution in [2.75, 3.05) is 12.3 Å². The highest BCUT2D eigenvalue weighted by molar-refractivity contribution is 8.01. The van der Waals surface area contributed by atoms with Crippen LogP contribution in [0.2, 0.25) is 0 Å². The zero-order chi connectivity index (χ0) is 15.1. The summed E-state index contributed by atoms with van der Waals surface area (Å²) >= 11 is 4.37. The van der Waals surface area contributed by atoms with Gasteiger partial charge in [0, 0.05) is 16.8 Å². The monoisotopic (exact) mass is 342 g/mol. The van der Waals surface area contributed by atoms with Crippen LogP contribution in [0, 0.1) is 0 Å². The van der Waals surface area contributed by atoms with Crippen molar-refractivity contribution < 1.29 is 14.7 Å². The first-order valence-corrected chi connectivity index (χ1v) is 8.96. The van der Waals surface area contributed by atoms with Crippen molar-refractivity contribution in [2.24, 2.45) is 0 Å². The smallest absolute Gasteiger partial charge is 0.309 e. The van der Waals surface area contributed by atoms with Gasteiger partial charge in [-0.15, -0.1) is 22.7 Å². The van der Waals surface area contributed by atoms with Crippen molar-refractivity contribution in [3.05, 3.63) is 33.5 Å². The fourth-order valence-electron chi connectivity index (χ4n) is 1.55. The average Bonchev–Trinajstić information content (AvgIpc) is 3.07. The average molecular weight is 342 g/mol. The molecule has 112 valence electrons. The number of rotatable bonds is 8. The first-order valence-electron chi connectivity index (χ1n) is 6.21. The molecule has 2 aromatic heterocycles. The summed E-state index contributed by atoms with van der Waals surface area (Å²) in [6, 6.07) is 4.04. The molecular formula is C13H14N2O3S3. The molecule has 8 heteroatoms. The van der Waals surface area contributed by atoms with Gasteiger partial charge in [0.15, 0.2) is 4.34 Å². The lowest BCUT2D eigenvalue weighted by Gasteiger charge is -2.02. The molecule has 0 radical (unpaired) electrons. The van der Waals surface area contributed by atoms with Crippen LogP contribution in [0.4, 0.5) is 0 Å². The minimum Gasteiger partial charge on any atom is -0.481 e. The highest BCUT2D eigenvalue weighted by atomic mass is 32.2. The summed E-state index contributed by atoms with van der Waals surface area (Å²) in [5, 5.41) is 15.3. The molecule has 21 heavy (non-hydrogen) atoms. The molecule has 0 spiro atoms. The highest BCUT2D eigenvalue weighted by Crippen LogP contribution is 2.22. The van der Waals surface area contributed by atoms with Gasteiger partial charge >= 0.3 is 5.97 Å². The maximum atomic E-state index is 11.7. The molecule has 2 rings (SSSR count). The Hall–Kier alpha value is -1.38. The maximum absolute atomic E-state index is 11.7. The Labute approximate surface area is 134 Å². The Morgan fingerprint density at radius 3 is 2.95 bits per heavy atom. The summed E-state index contributed by atoms with van der Waals surface area (Å²) in [6.07, 6.45) is 0.762. The number of carboxylic acid groups (broad SMARTS) is 1. The van der Waals surface area contributed by atoms with E-state index in [9.17, 15) is 9.59 Å². The standard InChI is InChI=1S/C13H14N2O3S3/c16-11(14-4-3-10-2-1-5-19-10)8-21-13-15-9(7-20-13)6-12(17)18/h1-2,5,7H,3-4,6,8H2,(H,14,16)(H,17,18). The topological polar surface area (TPSA) is 79.3 Å². The van der Waals surface area contributed by atoms with E-state index >= 15 is 0 Å². The second kappa shape index (κ2) is 8.16. The highest BCUT2D eigenvalue weighted by Gasteiger charge is 2.08. The second-order valence-electron chi connectivity index (χ2n) is 4.14. The van der Waals surface area contributed by atoms with E-state index in [0.29, 0.717) is 18.0 Å². The molecule has 5 nitrogen and oxygen atoms in total. The number of thiophene rings is 1. The van der Waals surface area contributed by atoms with Crippen molar-refractivity contribution in [3.8, 4) is 0 Å². The van der Waals surface area contributed by atoms with Crippen LogP contribution in [0.15, 0.2) is 27.2 Å². The Morgan fingerprint density at radius 2 is 2.24 bits per heavy atom. The SMILES string of the molecule is O=C(O)Cc1csc(SCC(=O)NCCc2cccs2)n1. The third-order valence-corrected chi connectivity index (χ3v) is 5.47. The van der Waals surface area contributed by atoms with Gasteiger partial charge in [-0.1, -0.05) is 17.8 Å². The Kier molecular flexibility index (Phi) is 6.21. The van der Waals surface area contributed by atoms with Crippen LogP contribution >= 0.6 is 34.4 Å². The Bertz CT molecular complexity index is 596. The van der Waals surface area contributed by atoms with Crippen molar-refractivity contribution >= 4 is 46.3 Å². The van der Waals surface area contributed by atoms with Crippen molar-refractivity contribution in [1.29, 1.82) is 0 Å². The lowest BCUT2D eigenvalue weighted by Crippen LogP contribution is -2.27. The molecule has 0 fully saturated rings. The van der Waals surface area contributed by atoms with E-state index in [4.69, 9.17) is 5.11 Å². The third kappa shape index (κ3) is 5.86. The maximum Gasteiger partial charge on any atom is 0.309 e. The molecule has 2 aromatic rings. The molecule has 2 heterocycles. The van der Waals surface area contributed by atoms with Gasteiger partial charge in [-0.3, -0.25) is 9.59 Å². The summed E-state index contributed by atoms with van der Waals surface area (Å²) in [5.74, 6) is -0.639. The normalized spacial score (nSPS) is 10.5. The molecule has 0 atom stereocenters. The van der Waals surface area contributed by atoms with Gasteiger partial charge in [-0.25, -0.2) is 4.98 Å². The second-order valence-corrected chi connectivity index (χ2v) is 7.26. The van der Waals surface area contributed by atoms with E-state index in [-0.39, 0.29) is 12.3 Å². The number of carbonyl (C=O) groups is 2. The van der Waals surface area contributed by atoms with Crippen molar-refractivity contribution in [3.63, 3.8) is 0 Å². The number of aliphatic carboxylic acids is 1. The number of amides is 1. The van der Waals surface area contributed by atoms with Crippen LogP contribution in [0.5, 0.6) is 0 Å². The minimum absolute atomic E-state index is 0.0356. The van der Waals surface area contributed by atoms with Crippen LogP contribution in [-0.2, 0) is 22.4 Å². The van der Waals surface area contributed by atoms with Crippen molar-refractivity contribution in [2.45, 2.75) is 17.2 Å². The summed E-state index contributed by atoms with van der Waals surface area (Å²) in [6.45, 7) is 0.627. The third-order valence-electron chi connectivity index (χ3n) is 2.46. The van der Waals surface area contributed by atoms with Gasteiger partial charge < -0.3 is 10.4 Å². The fourth-order valence-corrected chi connectivity index (χ4v) is 3.93. The van der Waals surface area contributed by atoms with Gasteiger partial charge in [0.2, 0.25) is 5.91 Å². The number of thioether (sulfide) groups is 1. The molecule has 0 saturated carbocycles. The van der Waals surface area contributed by atoms with E-state index in [2.05, 4.69) is 10.3 Å². The molecule has 1 amide bonds. The lowest BCUT2D eigenvalue weighted by atomic mass is 10.3. The van der Waals surface area contributed by atoms with Crippen LogP contribution in [0.3, 0.4) is 0 Å². The zero-order valence-corrected chi connectivity index (χ0v) is 13.5. The number of nitrogens with zero attached hydrogens (tertiary/aromatic N) is 1. The van der Waals surface area contributed by atoms with Crippen LogP contribution in [0.1, 0.15) is 10.6 Å². The first-order chi connectivity index (χ1) is 10.1. The summed E-state index contributed by atoms with van der Waals surface area (Å²) in [7, 11) is 0. The largest absolute Gasteiger partial charge is 0.481 e. The number of hydrogen-bond acceptors (Lipinski definition) is 6. The molecule has 0 unspecified atom stereocenters. The fraction of sp³-hybridized carbons (Fsp3) is 0.308. The predicted octanol–water partition coefficient (Wildman–Crippen LogP) is 2.28.